The topological polar surface area (TPSA) is 126 Å². The Balaban J connectivity index is 0.805. The number of Topliss-reactive ketones (excluding diaryl/α,β-unsaturated/α-hetero) is 1. The van der Waals surface area contributed by atoms with Crippen LogP contribution in [0.4, 0.5) is 11.4 Å². The highest BCUT2D eigenvalue weighted by molar-refractivity contribution is 6.11. The van der Waals surface area contributed by atoms with Gasteiger partial charge in [-0.3, -0.25) is 34.4 Å². The summed E-state index contributed by atoms with van der Waals surface area (Å²) in [4.78, 5) is 62.6. The van der Waals surface area contributed by atoms with Crippen LogP contribution in [0.15, 0.2) is 61.4 Å². The Bertz CT molecular complexity index is 2480. The van der Waals surface area contributed by atoms with Crippen molar-refractivity contribution in [1.82, 2.24) is 59.3 Å². The van der Waals surface area contributed by atoms with Crippen molar-refractivity contribution in [2.75, 3.05) is 141 Å². The number of aromatic amines is 2. The van der Waals surface area contributed by atoms with Gasteiger partial charge in [0.15, 0.2) is 5.78 Å². The van der Waals surface area contributed by atoms with Crippen molar-refractivity contribution >= 4 is 61.0 Å². The van der Waals surface area contributed by atoms with Crippen molar-refractivity contribution in [3.63, 3.8) is 0 Å². The molecule has 0 amide bonds. The molecule has 15 nitrogen and oxygen atoms in total. The predicted molar refractivity (Wildman–Crippen MR) is 273 cm³/mol. The molecule has 4 unspecified atom stereocenters. The zero-order valence-corrected chi connectivity index (χ0v) is 40.2. The summed E-state index contributed by atoms with van der Waals surface area (Å²) in [6, 6.07) is 8.38. The number of likely N-dealkylation sites (tertiary alicyclic amines) is 4. The Kier molecular flexibility index (Phi) is 13.0. The Morgan fingerprint density at radius 2 is 0.956 bits per heavy atom. The van der Waals surface area contributed by atoms with Crippen LogP contribution < -0.4 is 9.80 Å². The van der Waals surface area contributed by atoms with Gasteiger partial charge in [0, 0.05) is 149 Å². The van der Waals surface area contributed by atoms with E-state index >= 15 is 4.79 Å². The van der Waals surface area contributed by atoms with Gasteiger partial charge in [0.2, 0.25) is 0 Å². The minimum atomic E-state index is -0.124. The number of hydrogen-bond acceptors (Lipinski definition) is 13. The van der Waals surface area contributed by atoms with E-state index in [1.807, 2.05) is 37.2 Å². The molecule has 68 heavy (non-hydrogen) atoms. The van der Waals surface area contributed by atoms with E-state index in [2.05, 4.69) is 83.4 Å². The smallest absolute Gasteiger partial charge is 0.169 e. The normalized spacial score (nSPS) is 24.6. The molecule has 6 aliphatic rings. The number of nitrogens with zero attached hydrogens (tertiary/aromatic N) is 12. The standard InChI is InChI=1S/C53H72N14O/c68-51(47(66-21-5-7-39(35-66)33-60-17-1-2-18-60)37-62-23-27-64(28-24-62)45-11-15-54-43-31-58-52-41(49(43)45)9-13-56-52)48(67-22-6-8-40(36-67)34-61-19-3-4-20-61)38-63-25-29-65(30-26-63)46-12-16-55-44-32-59-53-42(50(44)46)10-14-57-53/h9-16,31-32,39-40,47-48H,1-8,17-30,33-38H2,(H,56,58)(H,57,59). The molecule has 15 heteroatoms. The van der Waals surface area contributed by atoms with E-state index in [0.29, 0.717) is 17.6 Å². The molecule has 4 atom stereocenters. The zero-order chi connectivity index (χ0) is 45.4. The summed E-state index contributed by atoms with van der Waals surface area (Å²) in [6.07, 6.45) is 21.8. The number of piperidine rings is 2. The SMILES string of the molecule is O=C(C(CN1CCN(c2ccnc3cnc4[nH]ccc4c23)CC1)N1CCCC(CN2CCCC2)C1)C(CN1CCN(c2ccnc3cnc4[nH]ccc4c23)CC1)N1CCCC(CN2CCCC2)C1. The summed E-state index contributed by atoms with van der Waals surface area (Å²) in [5.41, 5.74) is 6.15. The van der Waals surface area contributed by atoms with Crippen LogP contribution in [-0.4, -0.2) is 208 Å². The molecule has 12 rings (SSSR count). The van der Waals surface area contributed by atoms with Crippen LogP contribution in [0.5, 0.6) is 0 Å². The first-order valence-electron chi connectivity index (χ1n) is 26.4. The number of ketones is 1. The van der Waals surface area contributed by atoms with Gasteiger partial charge in [0.05, 0.1) is 35.5 Å². The third-order valence-corrected chi connectivity index (χ3v) is 16.9. The maximum Gasteiger partial charge on any atom is 0.169 e. The number of H-pyrrole nitrogens is 2. The van der Waals surface area contributed by atoms with Crippen LogP contribution in [0, 0.1) is 11.8 Å². The monoisotopic (exact) mass is 921 g/mol. The van der Waals surface area contributed by atoms with E-state index in [1.165, 1.54) is 113 Å². The molecule has 0 aliphatic carbocycles. The lowest BCUT2D eigenvalue weighted by atomic mass is 9.91. The van der Waals surface area contributed by atoms with Crippen molar-refractivity contribution in [2.45, 2.75) is 63.5 Å². The second-order valence-corrected chi connectivity index (χ2v) is 21.2. The molecular weight excluding hydrogens is 849 g/mol. The molecule has 0 bridgehead atoms. The Morgan fingerprint density at radius 3 is 1.40 bits per heavy atom. The lowest BCUT2D eigenvalue weighted by Gasteiger charge is -2.46. The fourth-order valence-electron chi connectivity index (χ4n) is 13.3. The third-order valence-electron chi connectivity index (χ3n) is 16.9. The lowest BCUT2D eigenvalue weighted by Crippen LogP contribution is -2.63. The molecule has 6 aliphatic heterocycles. The summed E-state index contributed by atoms with van der Waals surface area (Å²) in [5.74, 6) is 1.71. The van der Waals surface area contributed by atoms with Gasteiger partial charge < -0.3 is 29.6 Å². The molecule has 360 valence electrons. The molecular formula is C53H72N14O. The number of fused-ring (bicyclic) bond motifs is 6. The second-order valence-electron chi connectivity index (χ2n) is 21.2. The first-order chi connectivity index (χ1) is 33.6. The molecule has 12 heterocycles. The van der Waals surface area contributed by atoms with Gasteiger partial charge in [-0.1, -0.05) is 0 Å². The number of carbonyl (C=O) groups excluding carboxylic acids is 1. The molecule has 6 fully saturated rings. The van der Waals surface area contributed by atoms with E-state index in [1.54, 1.807) is 0 Å². The molecule has 0 aromatic carbocycles. The van der Waals surface area contributed by atoms with Crippen molar-refractivity contribution < 1.29 is 4.79 Å². The van der Waals surface area contributed by atoms with Gasteiger partial charge in [-0.25, -0.2) is 9.97 Å². The Morgan fingerprint density at radius 1 is 0.515 bits per heavy atom. The van der Waals surface area contributed by atoms with Crippen LogP contribution in [0.25, 0.3) is 43.9 Å². The van der Waals surface area contributed by atoms with E-state index < -0.39 is 0 Å². The van der Waals surface area contributed by atoms with Gasteiger partial charge in [0.1, 0.15) is 11.3 Å². The minimum Gasteiger partial charge on any atom is -0.368 e. The number of hydrogen-bond donors (Lipinski definition) is 2. The number of nitrogens with one attached hydrogen (secondary N) is 2. The van der Waals surface area contributed by atoms with Crippen molar-refractivity contribution in [3.05, 3.63) is 61.4 Å². The number of rotatable bonds is 14. The van der Waals surface area contributed by atoms with E-state index in [4.69, 9.17) is 9.97 Å². The largest absolute Gasteiger partial charge is 0.368 e. The highest BCUT2D eigenvalue weighted by atomic mass is 16.1. The van der Waals surface area contributed by atoms with E-state index in [9.17, 15) is 0 Å². The lowest BCUT2D eigenvalue weighted by molar-refractivity contribution is -0.133. The second kappa shape index (κ2) is 19.9. The van der Waals surface area contributed by atoms with Gasteiger partial charge in [-0.15, -0.1) is 0 Å². The van der Waals surface area contributed by atoms with Gasteiger partial charge >= 0.3 is 0 Å². The summed E-state index contributed by atoms with van der Waals surface area (Å²) in [7, 11) is 0. The first-order valence-corrected chi connectivity index (χ1v) is 26.4. The fourth-order valence-corrected chi connectivity index (χ4v) is 13.3. The molecule has 2 N–H and O–H groups in total. The maximum atomic E-state index is 16.1. The maximum absolute atomic E-state index is 16.1. The summed E-state index contributed by atoms with van der Waals surface area (Å²) in [5, 5.41) is 4.61. The first kappa shape index (κ1) is 44.4. The molecule has 0 radical (unpaired) electrons. The number of piperazine rings is 2. The average molecular weight is 921 g/mol. The van der Waals surface area contributed by atoms with Crippen LogP contribution in [-0.2, 0) is 4.79 Å². The number of pyridine rings is 4. The molecule has 6 saturated heterocycles. The Labute approximate surface area is 401 Å². The van der Waals surface area contributed by atoms with Crippen molar-refractivity contribution in [1.29, 1.82) is 0 Å². The van der Waals surface area contributed by atoms with Crippen LogP contribution in [0.3, 0.4) is 0 Å². The molecule has 0 saturated carbocycles. The summed E-state index contributed by atoms with van der Waals surface area (Å²) < 4.78 is 0. The van der Waals surface area contributed by atoms with E-state index in [-0.39, 0.29) is 12.1 Å². The zero-order valence-electron chi connectivity index (χ0n) is 40.2. The van der Waals surface area contributed by atoms with Crippen LogP contribution in [0.1, 0.15) is 51.4 Å². The van der Waals surface area contributed by atoms with Gasteiger partial charge in [-0.05, 0) is 127 Å². The van der Waals surface area contributed by atoms with E-state index in [0.717, 1.165) is 125 Å². The molecule has 6 aromatic heterocycles. The van der Waals surface area contributed by atoms with Gasteiger partial charge in [-0.2, -0.15) is 0 Å². The number of aromatic nitrogens is 6. The minimum absolute atomic E-state index is 0.124. The third kappa shape index (κ3) is 9.22. The summed E-state index contributed by atoms with van der Waals surface area (Å²) >= 11 is 0. The summed E-state index contributed by atoms with van der Waals surface area (Å²) in [6.45, 7) is 20.4. The van der Waals surface area contributed by atoms with Crippen LogP contribution in [0.2, 0.25) is 0 Å². The Hall–Kier alpha value is -4.77. The average Bonchev–Trinajstić information content (AvgIpc) is 4.25. The molecule has 6 aromatic rings. The van der Waals surface area contributed by atoms with Crippen molar-refractivity contribution in [3.8, 4) is 0 Å². The fraction of sp³-hybridized carbons (Fsp3) is 0.604. The number of anilines is 2. The number of carbonyl (C=O) groups is 1. The predicted octanol–water partition coefficient (Wildman–Crippen LogP) is 5.40. The van der Waals surface area contributed by atoms with Crippen molar-refractivity contribution in [2.24, 2.45) is 11.8 Å². The van der Waals surface area contributed by atoms with Crippen LogP contribution >= 0.6 is 0 Å². The highest BCUT2D eigenvalue weighted by Gasteiger charge is 2.41. The quantitative estimate of drug-likeness (QED) is 0.145. The molecule has 0 spiro atoms. The van der Waals surface area contributed by atoms with Gasteiger partial charge in [0.25, 0.3) is 0 Å². The highest BCUT2D eigenvalue weighted by Crippen LogP contribution is 2.34.